The number of nitrogens with zero attached hydrogens (tertiary/aromatic N) is 1. The number of anilines is 1. The molecule has 0 heterocycles. The quantitative estimate of drug-likeness (QED) is 0.551. The molecule has 1 aliphatic rings. The van der Waals surface area contributed by atoms with Crippen LogP contribution in [0, 0.1) is 0 Å². The normalized spacial score (nSPS) is 16.8. The summed E-state index contributed by atoms with van der Waals surface area (Å²) in [5, 5.41) is 0.536. The van der Waals surface area contributed by atoms with E-state index in [0.717, 1.165) is 5.69 Å². The van der Waals surface area contributed by atoms with Crippen molar-refractivity contribution in [1.82, 2.24) is 0 Å². The monoisotopic (exact) mass is 303 g/mol. The van der Waals surface area contributed by atoms with Crippen LogP contribution in [0.1, 0.15) is 51.9 Å². The van der Waals surface area contributed by atoms with Gasteiger partial charge in [0.05, 0.1) is 5.69 Å². The Balaban J connectivity index is 2.11. The number of carbonyl (C=O) groups excluding carboxylic acids is 1. The molecule has 21 heavy (non-hydrogen) atoms. The molecule has 3 heteroatoms. The first-order valence-corrected chi connectivity index (χ1v) is 8.74. The van der Waals surface area contributed by atoms with E-state index in [1.807, 2.05) is 34.6 Å². The SMILES string of the molecule is C=C(C)C(=O)N(SC1CCCCCCC1)c1ccccc1. The summed E-state index contributed by atoms with van der Waals surface area (Å²) in [6.07, 6.45) is 9.00. The molecule has 0 saturated heterocycles. The van der Waals surface area contributed by atoms with E-state index in [1.165, 1.54) is 44.9 Å². The third-order valence-electron chi connectivity index (χ3n) is 3.85. The Hall–Kier alpha value is -1.22. The molecular formula is C18H25NOS. The summed E-state index contributed by atoms with van der Waals surface area (Å²) < 4.78 is 1.84. The molecular weight excluding hydrogens is 278 g/mol. The van der Waals surface area contributed by atoms with Crippen LogP contribution in [-0.4, -0.2) is 11.2 Å². The third kappa shape index (κ3) is 4.92. The lowest BCUT2D eigenvalue weighted by molar-refractivity contribution is -0.113. The molecule has 1 amide bonds. The highest BCUT2D eigenvalue weighted by atomic mass is 32.2. The third-order valence-corrected chi connectivity index (χ3v) is 5.20. The largest absolute Gasteiger partial charge is 0.268 e. The summed E-state index contributed by atoms with van der Waals surface area (Å²) in [5.41, 5.74) is 1.55. The van der Waals surface area contributed by atoms with Gasteiger partial charge < -0.3 is 0 Å². The maximum Gasteiger partial charge on any atom is 0.263 e. The van der Waals surface area contributed by atoms with Crippen LogP contribution in [0.2, 0.25) is 0 Å². The van der Waals surface area contributed by atoms with Crippen LogP contribution in [0.3, 0.4) is 0 Å². The van der Waals surface area contributed by atoms with Gasteiger partial charge in [-0.3, -0.25) is 9.10 Å². The second-order valence-corrected chi connectivity index (χ2v) is 7.03. The first kappa shape index (κ1) is 16.2. The van der Waals surface area contributed by atoms with Gasteiger partial charge in [-0.25, -0.2) is 0 Å². The molecule has 2 rings (SSSR count). The molecule has 0 radical (unpaired) electrons. The van der Waals surface area contributed by atoms with Gasteiger partial charge in [-0.2, -0.15) is 0 Å². The minimum Gasteiger partial charge on any atom is -0.268 e. The molecule has 2 nitrogen and oxygen atoms in total. The van der Waals surface area contributed by atoms with Crippen molar-refractivity contribution in [2.75, 3.05) is 4.31 Å². The van der Waals surface area contributed by atoms with Crippen LogP contribution >= 0.6 is 11.9 Å². The first-order valence-electron chi connectivity index (χ1n) is 7.90. The lowest BCUT2D eigenvalue weighted by Crippen LogP contribution is -2.27. The lowest BCUT2D eigenvalue weighted by Gasteiger charge is -2.27. The first-order chi connectivity index (χ1) is 10.2. The van der Waals surface area contributed by atoms with Gasteiger partial charge in [0.15, 0.2) is 0 Å². The molecule has 1 saturated carbocycles. The summed E-state index contributed by atoms with van der Waals surface area (Å²) in [4.78, 5) is 12.5. The zero-order valence-corrected chi connectivity index (χ0v) is 13.7. The fourth-order valence-corrected chi connectivity index (χ4v) is 3.97. The Morgan fingerprint density at radius 3 is 2.24 bits per heavy atom. The average molecular weight is 303 g/mol. The lowest BCUT2D eigenvalue weighted by atomic mass is 10.0. The van der Waals surface area contributed by atoms with Crippen molar-refractivity contribution in [3.8, 4) is 0 Å². The zero-order valence-electron chi connectivity index (χ0n) is 12.9. The maximum atomic E-state index is 12.5. The van der Waals surface area contributed by atoms with Gasteiger partial charge in [0.25, 0.3) is 5.91 Å². The molecule has 1 aliphatic carbocycles. The van der Waals surface area contributed by atoms with Gasteiger partial charge in [0.2, 0.25) is 0 Å². The molecule has 0 spiro atoms. The number of hydrogen-bond donors (Lipinski definition) is 0. The number of para-hydroxylation sites is 1. The molecule has 0 atom stereocenters. The highest BCUT2D eigenvalue weighted by molar-refractivity contribution is 8.02. The van der Waals surface area contributed by atoms with E-state index in [0.29, 0.717) is 10.8 Å². The van der Waals surface area contributed by atoms with Crippen molar-refractivity contribution >= 4 is 23.5 Å². The van der Waals surface area contributed by atoms with E-state index >= 15 is 0 Å². The van der Waals surface area contributed by atoms with Crippen LogP contribution in [-0.2, 0) is 4.79 Å². The maximum absolute atomic E-state index is 12.5. The Kier molecular flexibility index (Phi) is 6.37. The van der Waals surface area contributed by atoms with Crippen molar-refractivity contribution in [3.63, 3.8) is 0 Å². The average Bonchev–Trinajstić information content (AvgIpc) is 2.46. The fourth-order valence-electron chi connectivity index (χ4n) is 2.64. The standard InChI is InChI=1S/C18H25NOS/c1-15(2)18(20)19(16-11-7-6-8-12-16)21-17-13-9-4-3-5-10-14-17/h6-8,11-12,17H,1,3-5,9-10,13-14H2,2H3. The van der Waals surface area contributed by atoms with Crippen molar-refractivity contribution < 1.29 is 4.79 Å². The van der Waals surface area contributed by atoms with E-state index in [1.54, 1.807) is 18.9 Å². The minimum atomic E-state index is 0.0215. The van der Waals surface area contributed by atoms with Gasteiger partial charge in [-0.05, 0) is 43.8 Å². The fraction of sp³-hybridized carbons (Fsp3) is 0.500. The Labute approximate surface area is 132 Å². The van der Waals surface area contributed by atoms with Crippen LogP contribution in [0.25, 0.3) is 0 Å². The molecule has 0 N–H and O–H groups in total. The molecule has 114 valence electrons. The van der Waals surface area contributed by atoms with Crippen LogP contribution in [0.5, 0.6) is 0 Å². The predicted octanol–water partition coefficient (Wildman–Crippen LogP) is 5.36. The van der Waals surface area contributed by atoms with E-state index in [9.17, 15) is 4.79 Å². The Morgan fingerprint density at radius 2 is 1.67 bits per heavy atom. The van der Waals surface area contributed by atoms with Crippen LogP contribution in [0.15, 0.2) is 42.5 Å². The van der Waals surface area contributed by atoms with E-state index < -0.39 is 0 Å². The van der Waals surface area contributed by atoms with Crippen molar-refractivity contribution in [2.24, 2.45) is 0 Å². The molecule has 1 aromatic carbocycles. The molecule has 1 fully saturated rings. The van der Waals surface area contributed by atoms with Gasteiger partial charge in [0.1, 0.15) is 0 Å². The van der Waals surface area contributed by atoms with Crippen molar-refractivity contribution in [1.29, 1.82) is 0 Å². The van der Waals surface area contributed by atoms with E-state index in [-0.39, 0.29) is 5.91 Å². The van der Waals surface area contributed by atoms with Gasteiger partial charge >= 0.3 is 0 Å². The number of hydrogen-bond acceptors (Lipinski definition) is 2. The number of amides is 1. The molecule has 0 aliphatic heterocycles. The molecule has 0 bridgehead atoms. The Morgan fingerprint density at radius 1 is 1.10 bits per heavy atom. The van der Waals surface area contributed by atoms with E-state index in [2.05, 4.69) is 6.58 Å². The minimum absolute atomic E-state index is 0.0215. The Bertz CT molecular complexity index is 463. The summed E-state index contributed by atoms with van der Waals surface area (Å²) in [5.74, 6) is 0.0215. The second-order valence-electron chi connectivity index (χ2n) is 5.79. The van der Waals surface area contributed by atoms with Crippen molar-refractivity contribution in [3.05, 3.63) is 42.5 Å². The highest BCUT2D eigenvalue weighted by Crippen LogP contribution is 2.33. The molecule has 0 aromatic heterocycles. The summed E-state index contributed by atoms with van der Waals surface area (Å²) in [6.45, 7) is 5.61. The molecule has 0 unspecified atom stereocenters. The van der Waals surface area contributed by atoms with Crippen LogP contribution in [0.4, 0.5) is 5.69 Å². The number of rotatable bonds is 4. The van der Waals surface area contributed by atoms with E-state index in [4.69, 9.17) is 0 Å². The molecule has 1 aromatic rings. The number of carbonyl (C=O) groups is 1. The predicted molar refractivity (Wildman–Crippen MR) is 92.4 cm³/mol. The summed E-state index contributed by atoms with van der Waals surface area (Å²) >= 11 is 1.70. The van der Waals surface area contributed by atoms with Gasteiger partial charge in [0, 0.05) is 10.8 Å². The van der Waals surface area contributed by atoms with Gasteiger partial charge in [-0.15, -0.1) is 0 Å². The topological polar surface area (TPSA) is 20.3 Å². The van der Waals surface area contributed by atoms with Crippen LogP contribution < -0.4 is 4.31 Å². The highest BCUT2D eigenvalue weighted by Gasteiger charge is 2.22. The second kappa shape index (κ2) is 8.28. The number of benzene rings is 1. The summed E-state index contributed by atoms with van der Waals surface area (Å²) in [7, 11) is 0. The summed E-state index contributed by atoms with van der Waals surface area (Å²) in [6, 6.07) is 9.93. The van der Waals surface area contributed by atoms with Gasteiger partial charge in [-0.1, -0.05) is 56.9 Å². The smallest absolute Gasteiger partial charge is 0.263 e. The van der Waals surface area contributed by atoms with Crippen molar-refractivity contribution in [2.45, 2.75) is 57.1 Å². The zero-order chi connectivity index (χ0) is 15.1.